The van der Waals surface area contributed by atoms with Crippen molar-refractivity contribution in [3.63, 3.8) is 0 Å². The van der Waals surface area contributed by atoms with Gasteiger partial charge in [0.05, 0.1) is 17.1 Å². The summed E-state index contributed by atoms with van der Waals surface area (Å²) in [6, 6.07) is 13.5. The third kappa shape index (κ3) is 4.26. The van der Waals surface area contributed by atoms with E-state index in [1.54, 1.807) is 36.5 Å². The van der Waals surface area contributed by atoms with E-state index in [9.17, 15) is 13.2 Å². The fraction of sp³-hybridized carbons (Fsp3) is 0.238. The molecule has 30 heavy (non-hydrogen) atoms. The zero-order chi connectivity index (χ0) is 21.3. The molecule has 2 aromatic carbocycles. The number of carboxylic acids is 1. The molecule has 4 rings (SSSR count). The quantitative estimate of drug-likeness (QED) is 0.603. The highest BCUT2D eigenvalue weighted by atomic mass is 35.5. The van der Waals surface area contributed by atoms with Crippen molar-refractivity contribution in [2.24, 2.45) is 0 Å². The number of halogens is 1. The van der Waals surface area contributed by atoms with Crippen LogP contribution in [0.25, 0.3) is 11.1 Å². The maximum absolute atomic E-state index is 12.9. The molecular weight excluding hydrogens is 426 g/mol. The van der Waals surface area contributed by atoms with Crippen molar-refractivity contribution in [3.8, 4) is 11.1 Å². The van der Waals surface area contributed by atoms with Gasteiger partial charge in [0.2, 0.25) is 10.0 Å². The van der Waals surface area contributed by atoms with E-state index in [0.717, 1.165) is 28.8 Å². The van der Waals surface area contributed by atoms with Gasteiger partial charge in [-0.25, -0.2) is 13.1 Å². The second-order valence-corrected chi connectivity index (χ2v) is 9.35. The summed E-state index contributed by atoms with van der Waals surface area (Å²) in [7, 11) is -3.75. The Morgan fingerprint density at radius 1 is 1.20 bits per heavy atom. The van der Waals surface area contributed by atoms with E-state index in [2.05, 4.69) is 9.82 Å². The van der Waals surface area contributed by atoms with E-state index in [1.165, 1.54) is 4.68 Å². The van der Waals surface area contributed by atoms with Crippen molar-refractivity contribution < 1.29 is 18.3 Å². The number of aliphatic carboxylic acids is 1. The molecule has 0 radical (unpaired) electrons. The highest BCUT2D eigenvalue weighted by molar-refractivity contribution is 7.89. The summed E-state index contributed by atoms with van der Waals surface area (Å²) < 4.78 is 30.1. The van der Waals surface area contributed by atoms with Crippen LogP contribution in [0, 0.1) is 0 Å². The SMILES string of the molecule is O=C(O)Cn1ncc2c1CCCC2NS(=O)(=O)c1ccc(-c2cccc(Cl)c2)cc1. The molecule has 0 bridgehead atoms. The number of hydrogen-bond donors (Lipinski definition) is 2. The molecule has 0 spiro atoms. The van der Waals surface area contributed by atoms with Gasteiger partial charge in [0.1, 0.15) is 6.54 Å². The average Bonchev–Trinajstić information content (AvgIpc) is 3.11. The molecule has 9 heteroatoms. The van der Waals surface area contributed by atoms with Gasteiger partial charge in [0.25, 0.3) is 0 Å². The van der Waals surface area contributed by atoms with Crippen molar-refractivity contribution in [2.45, 2.75) is 36.7 Å². The number of sulfonamides is 1. The fourth-order valence-corrected chi connectivity index (χ4v) is 5.20. The number of nitrogens with zero attached hydrogens (tertiary/aromatic N) is 2. The van der Waals surface area contributed by atoms with E-state index >= 15 is 0 Å². The largest absolute Gasteiger partial charge is 0.480 e. The van der Waals surface area contributed by atoms with Crippen LogP contribution in [0.2, 0.25) is 5.02 Å². The molecule has 0 fully saturated rings. The lowest BCUT2D eigenvalue weighted by Crippen LogP contribution is -2.31. The van der Waals surface area contributed by atoms with Gasteiger partial charge in [0.15, 0.2) is 0 Å². The first kappa shape index (κ1) is 20.6. The van der Waals surface area contributed by atoms with Crippen LogP contribution in [-0.2, 0) is 27.8 Å². The Balaban J connectivity index is 1.56. The molecule has 2 N–H and O–H groups in total. The van der Waals surface area contributed by atoms with Crippen LogP contribution in [0.3, 0.4) is 0 Å². The third-order valence-electron chi connectivity index (χ3n) is 5.17. The fourth-order valence-electron chi connectivity index (χ4n) is 3.76. The number of benzene rings is 2. The molecule has 0 aliphatic heterocycles. The Bertz CT molecular complexity index is 1190. The van der Waals surface area contributed by atoms with E-state index in [0.29, 0.717) is 17.9 Å². The summed E-state index contributed by atoms with van der Waals surface area (Å²) >= 11 is 6.03. The van der Waals surface area contributed by atoms with Crippen LogP contribution >= 0.6 is 11.6 Å². The van der Waals surface area contributed by atoms with Crippen LogP contribution in [0.1, 0.15) is 30.1 Å². The van der Waals surface area contributed by atoms with Crippen molar-refractivity contribution in [1.82, 2.24) is 14.5 Å². The summed E-state index contributed by atoms with van der Waals surface area (Å²) in [5, 5.41) is 13.8. The van der Waals surface area contributed by atoms with Crippen molar-refractivity contribution in [3.05, 3.63) is 71.0 Å². The molecule has 1 aliphatic rings. The minimum absolute atomic E-state index is 0.165. The van der Waals surface area contributed by atoms with Crippen LogP contribution in [0.5, 0.6) is 0 Å². The van der Waals surface area contributed by atoms with Crippen LogP contribution in [0.15, 0.2) is 59.6 Å². The maximum atomic E-state index is 12.9. The standard InChI is InChI=1S/C21H20ClN3O4S/c22-16-4-1-3-15(11-16)14-7-9-17(10-8-14)30(28,29)24-19-5-2-6-20-18(19)12-23-25(20)13-21(26)27/h1,3-4,7-12,19,24H,2,5-6,13H2,(H,26,27). The molecule has 0 saturated heterocycles. The topological polar surface area (TPSA) is 101 Å². The van der Waals surface area contributed by atoms with Gasteiger partial charge in [-0.15, -0.1) is 0 Å². The van der Waals surface area contributed by atoms with Gasteiger partial charge in [0, 0.05) is 16.3 Å². The number of carboxylic acid groups (broad SMARTS) is 1. The van der Waals surface area contributed by atoms with Crippen molar-refractivity contribution in [2.75, 3.05) is 0 Å². The number of aromatic nitrogens is 2. The number of nitrogens with one attached hydrogen (secondary N) is 1. The summed E-state index contributed by atoms with van der Waals surface area (Å²) in [4.78, 5) is 11.2. The second kappa shape index (κ2) is 8.22. The Morgan fingerprint density at radius 3 is 2.67 bits per heavy atom. The summed E-state index contributed by atoms with van der Waals surface area (Å²) in [6.45, 7) is -0.236. The molecule has 0 amide bonds. The average molecular weight is 446 g/mol. The summed E-state index contributed by atoms with van der Waals surface area (Å²) in [5.41, 5.74) is 3.28. The van der Waals surface area contributed by atoms with Gasteiger partial charge in [-0.3, -0.25) is 9.48 Å². The molecule has 1 aliphatic carbocycles. The Hall–Kier alpha value is -2.68. The predicted molar refractivity (Wildman–Crippen MR) is 113 cm³/mol. The highest BCUT2D eigenvalue weighted by Crippen LogP contribution is 2.31. The molecule has 1 aromatic heterocycles. The molecule has 3 aromatic rings. The molecule has 7 nitrogen and oxygen atoms in total. The summed E-state index contributed by atoms with van der Waals surface area (Å²) in [5.74, 6) is -0.983. The number of carbonyl (C=O) groups is 1. The highest BCUT2D eigenvalue weighted by Gasteiger charge is 2.29. The van der Waals surface area contributed by atoms with Gasteiger partial charge < -0.3 is 5.11 Å². The van der Waals surface area contributed by atoms with Gasteiger partial charge in [-0.2, -0.15) is 5.10 Å². The zero-order valence-corrected chi connectivity index (χ0v) is 17.5. The minimum Gasteiger partial charge on any atom is -0.480 e. The van der Waals surface area contributed by atoms with Crippen LogP contribution < -0.4 is 4.72 Å². The van der Waals surface area contributed by atoms with E-state index in [1.807, 2.05) is 18.2 Å². The smallest absolute Gasteiger partial charge is 0.325 e. The lowest BCUT2D eigenvalue weighted by molar-refractivity contribution is -0.137. The first-order chi connectivity index (χ1) is 14.3. The van der Waals surface area contributed by atoms with Gasteiger partial charge >= 0.3 is 5.97 Å². The van der Waals surface area contributed by atoms with Gasteiger partial charge in [-0.05, 0) is 54.7 Å². The Morgan fingerprint density at radius 2 is 1.97 bits per heavy atom. The molecule has 1 heterocycles. The molecular formula is C21H20ClN3O4S. The third-order valence-corrected chi connectivity index (χ3v) is 6.89. The normalized spacial score (nSPS) is 16.2. The maximum Gasteiger partial charge on any atom is 0.325 e. The van der Waals surface area contributed by atoms with Crippen LogP contribution in [0.4, 0.5) is 0 Å². The zero-order valence-electron chi connectivity index (χ0n) is 16.0. The number of hydrogen-bond acceptors (Lipinski definition) is 4. The first-order valence-corrected chi connectivity index (χ1v) is 11.3. The minimum atomic E-state index is -3.75. The Kier molecular flexibility index (Phi) is 5.64. The van der Waals surface area contributed by atoms with E-state index < -0.39 is 22.0 Å². The van der Waals surface area contributed by atoms with Crippen LogP contribution in [-0.4, -0.2) is 29.3 Å². The van der Waals surface area contributed by atoms with Crippen molar-refractivity contribution in [1.29, 1.82) is 0 Å². The van der Waals surface area contributed by atoms with E-state index in [4.69, 9.17) is 16.7 Å². The molecule has 1 atom stereocenters. The molecule has 1 unspecified atom stereocenters. The predicted octanol–water partition coefficient (Wildman–Crippen LogP) is 3.64. The Labute approximate surface area is 179 Å². The number of fused-ring (bicyclic) bond motifs is 1. The molecule has 0 saturated carbocycles. The lowest BCUT2D eigenvalue weighted by Gasteiger charge is -2.24. The number of rotatable bonds is 6. The monoisotopic (exact) mass is 445 g/mol. The van der Waals surface area contributed by atoms with E-state index in [-0.39, 0.29) is 11.4 Å². The van der Waals surface area contributed by atoms with Gasteiger partial charge in [-0.1, -0.05) is 35.9 Å². The van der Waals surface area contributed by atoms with Crippen molar-refractivity contribution >= 4 is 27.6 Å². The molecule has 156 valence electrons. The first-order valence-electron chi connectivity index (χ1n) is 9.48. The summed E-state index contributed by atoms with van der Waals surface area (Å²) in [6.07, 6.45) is 3.62. The lowest BCUT2D eigenvalue weighted by atomic mass is 9.94. The second-order valence-electron chi connectivity index (χ2n) is 7.20.